The van der Waals surface area contributed by atoms with E-state index in [1.807, 2.05) is 0 Å². The van der Waals surface area contributed by atoms with Crippen LogP contribution in [0.5, 0.6) is 0 Å². The quantitative estimate of drug-likeness (QED) is 0.491. The first-order chi connectivity index (χ1) is 7.86. The number of benzene rings is 1. The van der Waals surface area contributed by atoms with Crippen molar-refractivity contribution in [2.75, 3.05) is 4.72 Å². The van der Waals surface area contributed by atoms with Crippen molar-refractivity contribution < 1.29 is 13.6 Å². The zero-order valence-electron chi connectivity index (χ0n) is 10.0. The third kappa shape index (κ3) is 3.45. The SMILES string of the molecule is C/C(=N\O)c1ccc(NS(=O)(=O)C(C)C)cc1. The summed E-state index contributed by atoms with van der Waals surface area (Å²) >= 11 is 0. The molecule has 0 amide bonds. The Balaban J connectivity index is 2.90. The van der Waals surface area contributed by atoms with Crippen molar-refractivity contribution in [3.8, 4) is 0 Å². The fraction of sp³-hybridized carbons (Fsp3) is 0.364. The average molecular weight is 256 g/mol. The molecule has 0 saturated heterocycles. The molecule has 0 aliphatic heterocycles. The minimum absolute atomic E-state index is 0.475. The Labute approximate surface area is 101 Å². The van der Waals surface area contributed by atoms with Gasteiger partial charge < -0.3 is 5.21 Å². The van der Waals surface area contributed by atoms with Gasteiger partial charge in [0.05, 0.1) is 11.0 Å². The summed E-state index contributed by atoms with van der Waals surface area (Å²) in [5.41, 5.74) is 1.71. The van der Waals surface area contributed by atoms with E-state index in [1.165, 1.54) is 0 Å². The Morgan fingerprint density at radius 1 is 1.29 bits per heavy atom. The van der Waals surface area contributed by atoms with Gasteiger partial charge in [0.15, 0.2) is 0 Å². The lowest BCUT2D eigenvalue weighted by molar-refractivity contribution is 0.319. The molecule has 0 aromatic heterocycles. The lowest BCUT2D eigenvalue weighted by Gasteiger charge is -2.10. The molecule has 1 aromatic rings. The largest absolute Gasteiger partial charge is 0.411 e. The zero-order valence-corrected chi connectivity index (χ0v) is 10.8. The average Bonchev–Trinajstić information content (AvgIpc) is 2.28. The van der Waals surface area contributed by atoms with Crippen molar-refractivity contribution in [2.45, 2.75) is 26.0 Å². The van der Waals surface area contributed by atoms with Gasteiger partial charge in [-0.15, -0.1) is 0 Å². The van der Waals surface area contributed by atoms with E-state index < -0.39 is 15.3 Å². The van der Waals surface area contributed by atoms with E-state index in [-0.39, 0.29) is 0 Å². The third-order valence-corrected chi connectivity index (χ3v) is 4.09. The number of hydrogen-bond acceptors (Lipinski definition) is 4. The zero-order chi connectivity index (χ0) is 13.1. The summed E-state index contributed by atoms with van der Waals surface area (Å²) in [5.74, 6) is 0. The molecule has 0 atom stereocenters. The molecule has 5 nitrogen and oxygen atoms in total. The second-order valence-electron chi connectivity index (χ2n) is 3.96. The Morgan fingerprint density at radius 3 is 2.24 bits per heavy atom. The summed E-state index contributed by atoms with van der Waals surface area (Å²) in [6.45, 7) is 4.88. The molecule has 1 aromatic carbocycles. The van der Waals surface area contributed by atoms with Crippen LogP contribution in [0.25, 0.3) is 0 Å². The maximum atomic E-state index is 11.6. The topological polar surface area (TPSA) is 78.8 Å². The van der Waals surface area contributed by atoms with E-state index in [4.69, 9.17) is 5.21 Å². The molecule has 94 valence electrons. The molecule has 0 spiro atoms. The number of nitrogens with one attached hydrogen (secondary N) is 1. The highest BCUT2D eigenvalue weighted by Crippen LogP contribution is 2.13. The van der Waals surface area contributed by atoms with Crippen molar-refractivity contribution >= 4 is 21.4 Å². The van der Waals surface area contributed by atoms with Gasteiger partial charge in [-0.3, -0.25) is 4.72 Å². The molecule has 2 N–H and O–H groups in total. The fourth-order valence-electron chi connectivity index (χ4n) is 1.12. The molecule has 6 heteroatoms. The van der Waals surface area contributed by atoms with Gasteiger partial charge in [0.25, 0.3) is 0 Å². The summed E-state index contributed by atoms with van der Waals surface area (Å²) in [4.78, 5) is 0. The Hall–Kier alpha value is -1.56. The van der Waals surface area contributed by atoms with Crippen LogP contribution in [0.15, 0.2) is 29.4 Å². The molecule has 0 fully saturated rings. The number of nitrogens with zero attached hydrogens (tertiary/aromatic N) is 1. The molecular weight excluding hydrogens is 240 g/mol. The number of hydrogen-bond donors (Lipinski definition) is 2. The lowest BCUT2D eigenvalue weighted by atomic mass is 10.1. The molecule has 0 unspecified atom stereocenters. The van der Waals surface area contributed by atoms with Crippen LogP contribution in [0, 0.1) is 0 Å². The summed E-state index contributed by atoms with van der Waals surface area (Å²) < 4.78 is 25.7. The van der Waals surface area contributed by atoms with Crippen molar-refractivity contribution in [3.05, 3.63) is 29.8 Å². The molecule has 0 aliphatic rings. The van der Waals surface area contributed by atoms with E-state index in [9.17, 15) is 8.42 Å². The lowest BCUT2D eigenvalue weighted by Crippen LogP contribution is -2.22. The summed E-state index contributed by atoms with van der Waals surface area (Å²) in [6.07, 6.45) is 0. The third-order valence-electron chi connectivity index (χ3n) is 2.33. The predicted molar refractivity (Wildman–Crippen MR) is 68.1 cm³/mol. The highest BCUT2D eigenvalue weighted by molar-refractivity contribution is 7.93. The van der Waals surface area contributed by atoms with Gasteiger partial charge in [0.1, 0.15) is 0 Å². The van der Waals surface area contributed by atoms with Crippen LogP contribution < -0.4 is 4.72 Å². The van der Waals surface area contributed by atoms with Crippen LogP contribution in [-0.4, -0.2) is 24.6 Å². The van der Waals surface area contributed by atoms with E-state index in [0.29, 0.717) is 11.4 Å². The fourth-order valence-corrected chi connectivity index (χ4v) is 1.82. The summed E-state index contributed by atoms with van der Waals surface area (Å²) in [6, 6.07) is 6.63. The summed E-state index contributed by atoms with van der Waals surface area (Å²) in [7, 11) is -3.32. The molecule has 0 saturated carbocycles. The van der Waals surface area contributed by atoms with Crippen LogP contribution in [0.1, 0.15) is 26.3 Å². The van der Waals surface area contributed by atoms with Gasteiger partial charge in [-0.25, -0.2) is 8.42 Å². The Kier molecular flexibility index (Phi) is 4.11. The number of oxime groups is 1. The molecule has 0 bridgehead atoms. The van der Waals surface area contributed by atoms with Crippen molar-refractivity contribution in [1.29, 1.82) is 0 Å². The maximum absolute atomic E-state index is 11.6. The van der Waals surface area contributed by atoms with Gasteiger partial charge in [-0.1, -0.05) is 17.3 Å². The van der Waals surface area contributed by atoms with Gasteiger partial charge in [0.2, 0.25) is 10.0 Å². The van der Waals surface area contributed by atoms with E-state index in [0.717, 1.165) is 5.56 Å². The minimum atomic E-state index is -3.32. The maximum Gasteiger partial charge on any atom is 0.235 e. The molecule has 1 rings (SSSR count). The van der Waals surface area contributed by atoms with Crippen LogP contribution in [0.3, 0.4) is 0 Å². The van der Waals surface area contributed by atoms with E-state index in [2.05, 4.69) is 9.88 Å². The second kappa shape index (κ2) is 5.18. The smallest absolute Gasteiger partial charge is 0.235 e. The predicted octanol–water partition coefficient (Wildman–Crippen LogP) is 2.03. The Bertz CT molecular complexity index is 504. The first kappa shape index (κ1) is 13.5. The minimum Gasteiger partial charge on any atom is -0.411 e. The molecule has 0 heterocycles. The first-order valence-corrected chi connectivity index (χ1v) is 6.72. The van der Waals surface area contributed by atoms with Crippen LogP contribution >= 0.6 is 0 Å². The number of sulfonamides is 1. The summed E-state index contributed by atoms with van der Waals surface area (Å²) in [5, 5.41) is 11.2. The number of rotatable bonds is 4. The van der Waals surface area contributed by atoms with Crippen LogP contribution in [-0.2, 0) is 10.0 Å². The Morgan fingerprint density at radius 2 is 1.82 bits per heavy atom. The monoisotopic (exact) mass is 256 g/mol. The first-order valence-electron chi connectivity index (χ1n) is 5.17. The normalized spacial score (nSPS) is 12.8. The molecule has 0 aliphatic carbocycles. The van der Waals surface area contributed by atoms with Crippen molar-refractivity contribution in [1.82, 2.24) is 0 Å². The van der Waals surface area contributed by atoms with Crippen LogP contribution in [0.2, 0.25) is 0 Å². The van der Waals surface area contributed by atoms with Crippen molar-refractivity contribution in [3.63, 3.8) is 0 Å². The van der Waals surface area contributed by atoms with Crippen LogP contribution in [0.4, 0.5) is 5.69 Å². The number of anilines is 1. The molecular formula is C11H16N2O3S. The van der Waals surface area contributed by atoms with Gasteiger partial charge in [0, 0.05) is 5.69 Å². The van der Waals surface area contributed by atoms with E-state index in [1.54, 1.807) is 45.0 Å². The highest BCUT2D eigenvalue weighted by atomic mass is 32.2. The van der Waals surface area contributed by atoms with Gasteiger partial charge in [-0.2, -0.15) is 0 Å². The molecule has 0 radical (unpaired) electrons. The van der Waals surface area contributed by atoms with Gasteiger partial charge in [-0.05, 0) is 38.5 Å². The van der Waals surface area contributed by atoms with Crippen molar-refractivity contribution in [2.24, 2.45) is 5.16 Å². The molecule has 17 heavy (non-hydrogen) atoms. The highest BCUT2D eigenvalue weighted by Gasteiger charge is 2.15. The second-order valence-corrected chi connectivity index (χ2v) is 6.20. The van der Waals surface area contributed by atoms with Gasteiger partial charge >= 0.3 is 0 Å². The van der Waals surface area contributed by atoms with E-state index >= 15 is 0 Å². The standard InChI is InChI=1S/C11H16N2O3S/c1-8(2)17(15,16)13-11-6-4-10(5-7-11)9(3)12-14/h4-8,13-14H,1-3H3/b12-9+.